The molecule has 0 spiro atoms. The van der Waals surface area contributed by atoms with E-state index < -0.39 is 0 Å². The molecule has 0 fully saturated rings. The van der Waals surface area contributed by atoms with E-state index in [1.165, 1.54) is 14.2 Å². The van der Waals surface area contributed by atoms with E-state index >= 15 is 0 Å². The number of ether oxygens (including phenoxy) is 2. The number of methoxy groups -OCH3 is 2. The summed E-state index contributed by atoms with van der Waals surface area (Å²) in [6.45, 7) is 0. The lowest BCUT2D eigenvalue weighted by Crippen LogP contribution is -2.03. The third-order valence-corrected chi connectivity index (χ3v) is 3.86. The zero-order valence-electron chi connectivity index (χ0n) is 10.9. The van der Waals surface area contributed by atoms with Crippen molar-refractivity contribution < 1.29 is 14.3 Å². The van der Waals surface area contributed by atoms with Crippen molar-refractivity contribution in [2.45, 2.75) is 0 Å². The van der Waals surface area contributed by atoms with Gasteiger partial charge in [-0.25, -0.2) is 0 Å². The number of halogens is 2. The molecule has 2 aromatic rings. The average Bonchev–Trinajstić information content (AvgIpc) is 2.47. The number of rotatable bonds is 4. The molecule has 0 aromatic heterocycles. The van der Waals surface area contributed by atoms with Crippen LogP contribution < -0.4 is 9.47 Å². The maximum absolute atomic E-state index is 12.5. The fourth-order valence-corrected chi connectivity index (χ4v) is 2.38. The highest BCUT2D eigenvalue weighted by molar-refractivity contribution is 14.1. The molecule has 0 bridgehead atoms. The van der Waals surface area contributed by atoms with E-state index in [0.717, 1.165) is 3.57 Å². The van der Waals surface area contributed by atoms with Gasteiger partial charge >= 0.3 is 0 Å². The van der Waals surface area contributed by atoms with Crippen molar-refractivity contribution in [3.05, 3.63) is 56.1 Å². The molecule has 0 N–H and O–H groups in total. The molecule has 0 radical (unpaired) electrons. The minimum Gasteiger partial charge on any atom is -0.493 e. The van der Waals surface area contributed by atoms with Crippen LogP contribution in [0.15, 0.2) is 36.4 Å². The molecular weight excluding hydrogens is 391 g/mol. The van der Waals surface area contributed by atoms with Gasteiger partial charge in [0, 0.05) is 20.8 Å². The maximum atomic E-state index is 12.5. The summed E-state index contributed by atoms with van der Waals surface area (Å²) in [6, 6.07) is 10.5. The summed E-state index contributed by atoms with van der Waals surface area (Å²) in [4.78, 5) is 12.5. The molecule has 0 saturated carbocycles. The molecule has 2 aromatic carbocycles. The van der Waals surface area contributed by atoms with Gasteiger partial charge in [-0.15, -0.1) is 0 Å². The summed E-state index contributed by atoms with van der Waals surface area (Å²) in [5.41, 5.74) is 0.977. The predicted octanol–water partition coefficient (Wildman–Crippen LogP) is 4.19. The van der Waals surface area contributed by atoms with Crippen LogP contribution in [0.3, 0.4) is 0 Å². The molecule has 0 heterocycles. The Kier molecular flexibility index (Phi) is 4.88. The van der Waals surface area contributed by atoms with Gasteiger partial charge in [0.25, 0.3) is 0 Å². The Balaban J connectivity index is 2.46. The number of carbonyl (C=O) groups excluding carboxylic acids is 1. The Bertz CT molecular complexity index is 638. The topological polar surface area (TPSA) is 35.5 Å². The Labute approximate surface area is 136 Å². The van der Waals surface area contributed by atoms with E-state index in [4.69, 9.17) is 21.1 Å². The molecule has 0 aliphatic heterocycles. The molecule has 3 nitrogen and oxygen atoms in total. The molecule has 20 heavy (non-hydrogen) atoms. The van der Waals surface area contributed by atoms with Crippen LogP contribution in [0.25, 0.3) is 0 Å². The van der Waals surface area contributed by atoms with Crippen molar-refractivity contribution in [1.82, 2.24) is 0 Å². The van der Waals surface area contributed by atoms with Gasteiger partial charge < -0.3 is 9.47 Å². The molecule has 0 atom stereocenters. The highest BCUT2D eigenvalue weighted by Gasteiger charge is 2.17. The monoisotopic (exact) mass is 402 g/mol. The van der Waals surface area contributed by atoms with Gasteiger partial charge in [-0.2, -0.15) is 0 Å². The van der Waals surface area contributed by atoms with Crippen molar-refractivity contribution in [3.8, 4) is 11.5 Å². The second kappa shape index (κ2) is 6.45. The van der Waals surface area contributed by atoms with Gasteiger partial charge in [0.1, 0.15) is 0 Å². The molecule has 0 unspecified atom stereocenters. The zero-order chi connectivity index (χ0) is 14.7. The first-order chi connectivity index (χ1) is 9.56. The van der Waals surface area contributed by atoms with Crippen molar-refractivity contribution in [2.75, 3.05) is 14.2 Å². The Morgan fingerprint density at radius 1 is 1.05 bits per heavy atom. The molecule has 104 valence electrons. The lowest BCUT2D eigenvalue weighted by molar-refractivity contribution is 0.103. The summed E-state index contributed by atoms with van der Waals surface area (Å²) in [7, 11) is 3.04. The minimum atomic E-state index is -0.146. The smallest absolute Gasteiger partial charge is 0.194 e. The average molecular weight is 403 g/mol. The molecule has 0 amide bonds. The summed E-state index contributed by atoms with van der Waals surface area (Å²) >= 11 is 8.34. The summed E-state index contributed by atoms with van der Waals surface area (Å²) in [5, 5.41) is 0.339. The maximum Gasteiger partial charge on any atom is 0.194 e. The largest absolute Gasteiger partial charge is 0.493 e. The van der Waals surface area contributed by atoms with Crippen LogP contribution in [-0.2, 0) is 0 Å². The van der Waals surface area contributed by atoms with E-state index in [1.54, 1.807) is 24.3 Å². The van der Waals surface area contributed by atoms with E-state index in [2.05, 4.69) is 22.6 Å². The van der Waals surface area contributed by atoms with Crippen molar-refractivity contribution in [2.24, 2.45) is 0 Å². The van der Waals surface area contributed by atoms with Crippen LogP contribution in [0.5, 0.6) is 11.5 Å². The molecule has 0 aliphatic rings. The molecule has 2 rings (SSSR count). The first kappa shape index (κ1) is 15.1. The fraction of sp³-hybridized carbons (Fsp3) is 0.133. The van der Waals surface area contributed by atoms with E-state index in [-0.39, 0.29) is 5.78 Å². The highest BCUT2D eigenvalue weighted by Crippen LogP contribution is 2.34. The molecular formula is C15H12ClIO3. The first-order valence-electron chi connectivity index (χ1n) is 5.78. The van der Waals surface area contributed by atoms with Crippen molar-refractivity contribution >= 4 is 40.0 Å². The van der Waals surface area contributed by atoms with Crippen LogP contribution >= 0.6 is 34.2 Å². The Hall–Kier alpha value is -1.27. The predicted molar refractivity (Wildman–Crippen MR) is 87.1 cm³/mol. The SMILES string of the molecule is COc1cc(Cl)c(C(=O)c2ccc(I)cc2)cc1OC. The number of hydrogen-bond acceptors (Lipinski definition) is 3. The number of benzene rings is 2. The molecule has 0 aliphatic carbocycles. The van der Waals surface area contributed by atoms with Gasteiger partial charge in [0.05, 0.1) is 19.2 Å². The first-order valence-corrected chi connectivity index (χ1v) is 7.24. The summed E-state index contributed by atoms with van der Waals surface area (Å²) in [6.07, 6.45) is 0. The van der Waals surface area contributed by atoms with E-state index in [9.17, 15) is 4.79 Å². The Morgan fingerprint density at radius 3 is 2.15 bits per heavy atom. The van der Waals surface area contributed by atoms with Gasteiger partial charge in [-0.1, -0.05) is 11.6 Å². The Morgan fingerprint density at radius 2 is 1.60 bits per heavy atom. The van der Waals surface area contributed by atoms with Gasteiger partial charge in [0.2, 0.25) is 0 Å². The van der Waals surface area contributed by atoms with E-state index in [0.29, 0.717) is 27.6 Å². The van der Waals surface area contributed by atoms with Gasteiger partial charge in [0.15, 0.2) is 17.3 Å². The minimum absolute atomic E-state index is 0.146. The van der Waals surface area contributed by atoms with Crippen LogP contribution in [0.1, 0.15) is 15.9 Å². The standard InChI is InChI=1S/C15H12ClIO3/c1-19-13-7-11(12(16)8-14(13)20-2)15(18)9-3-5-10(17)6-4-9/h3-8H,1-2H3. The summed E-state index contributed by atoms with van der Waals surface area (Å²) in [5.74, 6) is 0.828. The van der Waals surface area contributed by atoms with Gasteiger partial charge in [-0.05, 0) is 52.9 Å². The van der Waals surface area contributed by atoms with Crippen molar-refractivity contribution in [3.63, 3.8) is 0 Å². The quantitative estimate of drug-likeness (QED) is 0.568. The van der Waals surface area contributed by atoms with Gasteiger partial charge in [-0.3, -0.25) is 4.79 Å². The lowest BCUT2D eigenvalue weighted by atomic mass is 10.0. The lowest BCUT2D eigenvalue weighted by Gasteiger charge is -2.11. The fourth-order valence-electron chi connectivity index (χ4n) is 1.78. The molecule has 0 saturated heterocycles. The normalized spacial score (nSPS) is 10.2. The number of carbonyl (C=O) groups is 1. The molecule has 5 heteroatoms. The van der Waals surface area contributed by atoms with Crippen molar-refractivity contribution in [1.29, 1.82) is 0 Å². The summed E-state index contributed by atoms with van der Waals surface area (Å²) < 4.78 is 11.4. The highest BCUT2D eigenvalue weighted by atomic mass is 127. The number of hydrogen-bond donors (Lipinski definition) is 0. The van der Waals surface area contributed by atoms with Crippen LogP contribution in [0.2, 0.25) is 5.02 Å². The second-order valence-corrected chi connectivity index (χ2v) is 5.68. The second-order valence-electron chi connectivity index (χ2n) is 4.02. The van der Waals surface area contributed by atoms with Crippen LogP contribution in [-0.4, -0.2) is 20.0 Å². The van der Waals surface area contributed by atoms with Crippen LogP contribution in [0, 0.1) is 3.57 Å². The number of ketones is 1. The van der Waals surface area contributed by atoms with Crippen LogP contribution in [0.4, 0.5) is 0 Å². The zero-order valence-corrected chi connectivity index (χ0v) is 13.9. The third-order valence-electron chi connectivity index (χ3n) is 2.82. The third kappa shape index (κ3) is 3.07. The van der Waals surface area contributed by atoms with E-state index in [1.807, 2.05) is 12.1 Å².